The van der Waals surface area contributed by atoms with Crippen LogP contribution in [0, 0.1) is 13.0 Å². The maximum Gasteiger partial charge on any atom is 0.226 e. The van der Waals surface area contributed by atoms with Gasteiger partial charge in [0.2, 0.25) is 5.89 Å². The van der Waals surface area contributed by atoms with Gasteiger partial charge in [0.05, 0.1) is 6.20 Å². The molecule has 18 heavy (non-hydrogen) atoms. The number of hydrogen-bond acceptors (Lipinski definition) is 2. The molecule has 0 spiro atoms. The fraction of sp³-hybridized carbons (Fsp3) is 0.438. The number of nitrogens with zero attached hydrogens (tertiary/aromatic N) is 1. The van der Waals surface area contributed by atoms with Crippen LogP contribution in [0.5, 0.6) is 0 Å². The Morgan fingerprint density at radius 2 is 2.11 bits per heavy atom. The predicted octanol–water partition coefficient (Wildman–Crippen LogP) is 4.50. The molecule has 1 heterocycles. The Morgan fingerprint density at radius 1 is 1.28 bits per heavy atom. The van der Waals surface area contributed by atoms with E-state index in [0.717, 1.165) is 17.2 Å². The Labute approximate surface area is 108 Å². The molecule has 1 radical (unpaired) electrons. The fourth-order valence-corrected chi connectivity index (χ4v) is 2.84. The van der Waals surface area contributed by atoms with Gasteiger partial charge in [0, 0.05) is 5.56 Å². The third-order valence-electron chi connectivity index (χ3n) is 3.75. The number of hydrogen-bond donors (Lipinski definition) is 0. The van der Waals surface area contributed by atoms with Crippen molar-refractivity contribution in [1.82, 2.24) is 4.98 Å². The van der Waals surface area contributed by atoms with Crippen molar-refractivity contribution >= 4 is 0 Å². The van der Waals surface area contributed by atoms with Crippen molar-refractivity contribution in [3.05, 3.63) is 41.8 Å². The predicted molar refractivity (Wildman–Crippen MR) is 71.3 cm³/mol. The van der Waals surface area contributed by atoms with E-state index in [1.165, 1.54) is 37.7 Å². The maximum atomic E-state index is 5.67. The molecule has 1 aromatic carbocycles. The lowest BCUT2D eigenvalue weighted by Crippen LogP contribution is -2.06. The van der Waals surface area contributed by atoms with Gasteiger partial charge in [-0.25, -0.2) is 4.98 Å². The Morgan fingerprint density at radius 3 is 2.83 bits per heavy atom. The third kappa shape index (κ3) is 2.20. The number of oxazole rings is 1. The molecule has 0 amide bonds. The van der Waals surface area contributed by atoms with Gasteiger partial charge in [-0.3, -0.25) is 0 Å². The summed E-state index contributed by atoms with van der Waals surface area (Å²) >= 11 is 0. The molecule has 2 aromatic rings. The second kappa shape index (κ2) is 4.97. The topological polar surface area (TPSA) is 26.0 Å². The first-order chi connectivity index (χ1) is 8.84. The van der Waals surface area contributed by atoms with Gasteiger partial charge in [0.15, 0.2) is 0 Å². The van der Waals surface area contributed by atoms with E-state index >= 15 is 0 Å². The van der Waals surface area contributed by atoms with Crippen molar-refractivity contribution < 1.29 is 4.42 Å². The van der Waals surface area contributed by atoms with Crippen LogP contribution in [0.3, 0.4) is 0 Å². The summed E-state index contributed by atoms with van der Waals surface area (Å²) in [6, 6.07) is 9.54. The summed E-state index contributed by atoms with van der Waals surface area (Å²) in [6.45, 7) is 1.93. The first-order valence-electron chi connectivity index (χ1n) is 6.78. The summed E-state index contributed by atoms with van der Waals surface area (Å²) in [6.07, 6.45) is 8.36. The smallest absolute Gasteiger partial charge is 0.226 e. The minimum Gasteiger partial charge on any atom is -0.441 e. The van der Waals surface area contributed by atoms with Gasteiger partial charge in [-0.1, -0.05) is 31.4 Å². The molecule has 0 aliphatic heterocycles. The van der Waals surface area contributed by atoms with Gasteiger partial charge in [0.25, 0.3) is 0 Å². The van der Waals surface area contributed by atoms with Crippen LogP contribution in [-0.2, 0) is 0 Å². The van der Waals surface area contributed by atoms with E-state index in [-0.39, 0.29) is 0 Å². The molecule has 0 unspecified atom stereocenters. The van der Waals surface area contributed by atoms with E-state index in [1.807, 2.05) is 19.1 Å². The SMILES string of the molecule is Cc1cnc(-c2ccc[c]c2C2CCCCC2)o1. The molecule has 2 heteroatoms. The van der Waals surface area contributed by atoms with E-state index in [1.54, 1.807) is 6.20 Å². The molecular weight excluding hydrogens is 222 g/mol. The van der Waals surface area contributed by atoms with Gasteiger partial charge < -0.3 is 4.42 Å². The maximum absolute atomic E-state index is 5.67. The highest BCUT2D eigenvalue weighted by Gasteiger charge is 2.20. The van der Waals surface area contributed by atoms with E-state index in [9.17, 15) is 0 Å². The highest BCUT2D eigenvalue weighted by molar-refractivity contribution is 5.59. The van der Waals surface area contributed by atoms with Crippen LogP contribution < -0.4 is 0 Å². The average molecular weight is 240 g/mol. The molecule has 1 aromatic heterocycles. The van der Waals surface area contributed by atoms with Crippen LogP contribution in [-0.4, -0.2) is 4.98 Å². The van der Waals surface area contributed by atoms with Crippen molar-refractivity contribution in [1.29, 1.82) is 0 Å². The molecule has 1 aliphatic carbocycles. The van der Waals surface area contributed by atoms with Crippen molar-refractivity contribution in [2.45, 2.75) is 44.9 Å². The molecule has 0 bridgehead atoms. The Balaban J connectivity index is 1.99. The molecule has 93 valence electrons. The van der Waals surface area contributed by atoms with Gasteiger partial charge in [0.1, 0.15) is 5.76 Å². The minimum absolute atomic E-state index is 0.627. The summed E-state index contributed by atoms with van der Waals surface area (Å²) in [5, 5.41) is 0. The second-order valence-corrected chi connectivity index (χ2v) is 5.11. The highest BCUT2D eigenvalue weighted by Crippen LogP contribution is 2.37. The van der Waals surface area contributed by atoms with E-state index < -0.39 is 0 Å². The molecule has 0 saturated heterocycles. The van der Waals surface area contributed by atoms with Crippen LogP contribution in [0.25, 0.3) is 11.5 Å². The summed E-state index contributed by atoms with van der Waals surface area (Å²) in [5.74, 6) is 2.23. The fourth-order valence-electron chi connectivity index (χ4n) is 2.84. The number of aromatic nitrogens is 1. The lowest BCUT2D eigenvalue weighted by molar-refractivity contribution is 0.442. The Hall–Kier alpha value is -1.57. The minimum atomic E-state index is 0.627. The molecular formula is C16H18NO. The first-order valence-corrected chi connectivity index (χ1v) is 6.78. The van der Waals surface area contributed by atoms with Gasteiger partial charge in [-0.05, 0) is 43.4 Å². The Kier molecular flexibility index (Phi) is 3.18. The van der Waals surface area contributed by atoms with Gasteiger partial charge >= 0.3 is 0 Å². The molecule has 1 fully saturated rings. The van der Waals surface area contributed by atoms with Crippen molar-refractivity contribution in [2.24, 2.45) is 0 Å². The summed E-state index contributed by atoms with van der Waals surface area (Å²) in [4.78, 5) is 4.35. The zero-order valence-corrected chi connectivity index (χ0v) is 10.8. The van der Waals surface area contributed by atoms with Crippen LogP contribution in [0.2, 0.25) is 0 Å². The largest absolute Gasteiger partial charge is 0.441 e. The number of aryl methyl sites for hydroxylation is 1. The summed E-state index contributed by atoms with van der Waals surface area (Å²) in [7, 11) is 0. The van der Waals surface area contributed by atoms with E-state index in [2.05, 4.69) is 17.1 Å². The number of rotatable bonds is 2. The molecule has 1 saturated carbocycles. The quantitative estimate of drug-likeness (QED) is 0.772. The zero-order chi connectivity index (χ0) is 12.4. The summed E-state index contributed by atoms with van der Waals surface area (Å²) in [5.41, 5.74) is 2.41. The zero-order valence-electron chi connectivity index (χ0n) is 10.8. The lowest BCUT2D eigenvalue weighted by Gasteiger charge is -2.23. The van der Waals surface area contributed by atoms with Crippen molar-refractivity contribution in [2.75, 3.05) is 0 Å². The second-order valence-electron chi connectivity index (χ2n) is 5.11. The molecule has 0 atom stereocenters. The first kappa shape index (κ1) is 11.5. The van der Waals surface area contributed by atoms with Crippen LogP contribution in [0.1, 0.15) is 49.3 Å². The Bertz CT molecular complexity index is 523. The standard InChI is InChI=1S/C16H18NO/c1-12-11-17-16(18-12)15-10-6-5-9-14(15)13-7-3-2-4-8-13/h5-6,10-11,13H,2-4,7-8H2,1H3. The monoisotopic (exact) mass is 240 g/mol. The molecule has 1 aliphatic rings. The molecule has 3 rings (SSSR count). The summed E-state index contributed by atoms with van der Waals surface area (Å²) < 4.78 is 5.67. The van der Waals surface area contributed by atoms with E-state index in [0.29, 0.717) is 5.92 Å². The van der Waals surface area contributed by atoms with E-state index in [4.69, 9.17) is 4.42 Å². The van der Waals surface area contributed by atoms with Crippen molar-refractivity contribution in [3.63, 3.8) is 0 Å². The van der Waals surface area contributed by atoms with Gasteiger partial charge in [-0.15, -0.1) is 0 Å². The van der Waals surface area contributed by atoms with Crippen LogP contribution >= 0.6 is 0 Å². The van der Waals surface area contributed by atoms with Crippen LogP contribution in [0.15, 0.2) is 28.8 Å². The number of benzene rings is 1. The highest BCUT2D eigenvalue weighted by atomic mass is 16.4. The van der Waals surface area contributed by atoms with Gasteiger partial charge in [-0.2, -0.15) is 0 Å². The van der Waals surface area contributed by atoms with Crippen LogP contribution in [0.4, 0.5) is 0 Å². The normalized spacial score (nSPS) is 16.9. The average Bonchev–Trinajstić information content (AvgIpc) is 2.86. The molecule has 0 N–H and O–H groups in total. The lowest BCUT2D eigenvalue weighted by atomic mass is 9.82. The molecule has 2 nitrogen and oxygen atoms in total. The third-order valence-corrected chi connectivity index (χ3v) is 3.75. The van der Waals surface area contributed by atoms with Crippen molar-refractivity contribution in [3.8, 4) is 11.5 Å².